The van der Waals surface area contributed by atoms with Gasteiger partial charge in [-0.25, -0.2) is 9.97 Å². The summed E-state index contributed by atoms with van der Waals surface area (Å²) in [6, 6.07) is 7.32. The molecule has 1 aliphatic rings. The first-order chi connectivity index (χ1) is 11.0. The summed E-state index contributed by atoms with van der Waals surface area (Å²) >= 11 is 6.28. The molecule has 6 heteroatoms. The van der Waals surface area contributed by atoms with Crippen LogP contribution in [0.4, 0.5) is 0 Å². The number of carbonyl (C=O) groups excluding carboxylic acids is 1. The van der Waals surface area contributed by atoms with E-state index in [4.69, 9.17) is 11.6 Å². The second-order valence-electron chi connectivity index (χ2n) is 6.32. The van der Waals surface area contributed by atoms with E-state index in [1.54, 1.807) is 6.20 Å². The number of halogens is 1. The number of amides is 1. The minimum absolute atomic E-state index is 0.0707. The molecule has 0 saturated heterocycles. The molecular weight excluding hydrogens is 312 g/mol. The van der Waals surface area contributed by atoms with Gasteiger partial charge in [0, 0.05) is 35.3 Å². The molecule has 1 aromatic heterocycles. The average molecular weight is 331 g/mol. The van der Waals surface area contributed by atoms with Gasteiger partial charge in [0.15, 0.2) is 0 Å². The number of benzene rings is 1. The zero-order valence-electron chi connectivity index (χ0n) is 13.1. The van der Waals surface area contributed by atoms with Crippen molar-refractivity contribution in [3.05, 3.63) is 58.6 Å². The summed E-state index contributed by atoms with van der Waals surface area (Å²) < 4.78 is 0. The van der Waals surface area contributed by atoms with Crippen LogP contribution in [0.5, 0.6) is 0 Å². The number of carbonyl (C=O) groups is 1. The number of nitrogens with zero attached hydrogens (tertiary/aromatic N) is 2. The molecule has 0 radical (unpaired) electrons. The molecule has 1 aromatic carbocycles. The van der Waals surface area contributed by atoms with Crippen LogP contribution in [-0.2, 0) is 16.8 Å². The molecule has 0 fully saturated rings. The Labute approximate surface area is 140 Å². The first-order valence-electron chi connectivity index (χ1n) is 7.54. The van der Waals surface area contributed by atoms with Gasteiger partial charge in [-0.1, -0.05) is 43.6 Å². The average Bonchev–Trinajstić information content (AvgIpc) is 2.97. The number of hydrogen-bond acceptors (Lipinski definition) is 4. The predicted octanol–water partition coefficient (Wildman–Crippen LogP) is 2.37. The van der Waals surface area contributed by atoms with Gasteiger partial charge in [0.1, 0.15) is 12.4 Å². The predicted molar refractivity (Wildman–Crippen MR) is 89.1 cm³/mol. The van der Waals surface area contributed by atoms with Crippen LogP contribution in [-0.4, -0.2) is 22.4 Å². The molecule has 23 heavy (non-hydrogen) atoms. The van der Waals surface area contributed by atoms with E-state index in [0.29, 0.717) is 18.1 Å². The lowest BCUT2D eigenvalue weighted by Gasteiger charge is -2.27. The normalized spacial score (nSPS) is 16.9. The number of fused-ring (bicyclic) bond motifs is 1. The van der Waals surface area contributed by atoms with Crippen molar-refractivity contribution in [1.82, 2.24) is 20.6 Å². The molecule has 1 atom stereocenters. The van der Waals surface area contributed by atoms with Crippen LogP contribution in [0.3, 0.4) is 0 Å². The Morgan fingerprint density at radius 3 is 3.00 bits per heavy atom. The fourth-order valence-electron chi connectivity index (χ4n) is 2.81. The Balaban J connectivity index is 1.69. The maximum atomic E-state index is 12.5. The summed E-state index contributed by atoms with van der Waals surface area (Å²) in [6.45, 7) is 5.21. The Bertz CT molecular complexity index is 732. The fraction of sp³-hybridized carbons (Fsp3) is 0.353. The van der Waals surface area contributed by atoms with Gasteiger partial charge in [0.2, 0.25) is 5.91 Å². The topological polar surface area (TPSA) is 66.9 Å². The van der Waals surface area contributed by atoms with Crippen molar-refractivity contribution in [3.8, 4) is 0 Å². The lowest BCUT2D eigenvalue weighted by atomic mass is 9.84. The first-order valence-corrected chi connectivity index (χ1v) is 7.92. The van der Waals surface area contributed by atoms with Gasteiger partial charge in [-0.15, -0.1) is 0 Å². The molecule has 1 unspecified atom stereocenters. The van der Waals surface area contributed by atoms with Crippen LogP contribution in [0.25, 0.3) is 0 Å². The van der Waals surface area contributed by atoms with Crippen molar-refractivity contribution in [2.45, 2.75) is 31.8 Å². The van der Waals surface area contributed by atoms with Crippen molar-refractivity contribution in [2.24, 2.45) is 0 Å². The maximum absolute atomic E-state index is 12.5. The van der Waals surface area contributed by atoms with Crippen LogP contribution in [0.15, 0.2) is 36.8 Å². The number of nitrogens with one attached hydrogen (secondary N) is 2. The van der Waals surface area contributed by atoms with Crippen molar-refractivity contribution >= 4 is 17.5 Å². The van der Waals surface area contributed by atoms with Crippen LogP contribution in [0, 0.1) is 0 Å². The second kappa shape index (κ2) is 6.26. The molecule has 1 amide bonds. The van der Waals surface area contributed by atoms with Crippen molar-refractivity contribution in [3.63, 3.8) is 0 Å². The molecule has 1 aliphatic heterocycles. The Morgan fingerprint density at radius 2 is 2.22 bits per heavy atom. The van der Waals surface area contributed by atoms with Gasteiger partial charge in [-0.2, -0.15) is 0 Å². The van der Waals surface area contributed by atoms with E-state index in [1.807, 2.05) is 24.3 Å². The summed E-state index contributed by atoms with van der Waals surface area (Å²) in [6.07, 6.45) is 3.20. The zero-order valence-corrected chi connectivity index (χ0v) is 13.9. The highest BCUT2D eigenvalue weighted by Gasteiger charge is 2.31. The molecule has 2 N–H and O–H groups in total. The van der Waals surface area contributed by atoms with Gasteiger partial charge in [-0.3, -0.25) is 10.1 Å². The third-order valence-corrected chi connectivity index (χ3v) is 4.51. The van der Waals surface area contributed by atoms with Crippen LogP contribution in [0.1, 0.15) is 36.7 Å². The summed E-state index contributed by atoms with van der Waals surface area (Å²) in [7, 11) is 0. The molecule has 0 aliphatic carbocycles. The van der Waals surface area contributed by atoms with Gasteiger partial charge in [0.25, 0.3) is 0 Å². The summed E-state index contributed by atoms with van der Waals surface area (Å²) in [5.41, 5.74) is 2.49. The molecule has 3 rings (SSSR count). The minimum atomic E-state index is -0.395. The van der Waals surface area contributed by atoms with E-state index in [2.05, 4.69) is 34.4 Å². The van der Waals surface area contributed by atoms with Gasteiger partial charge in [0.05, 0.1) is 5.69 Å². The van der Waals surface area contributed by atoms with Crippen LogP contribution >= 0.6 is 11.6 Å². The zero-order chi connectivity index (χ0) is 16.4. The molecule has 2 aromatic rings. The van der Waals surface area contributed by atoms with E-state index < -0.39 is 6.04 Å². The Kier molecular flexibility index (Phi) is 4.33. The maximum Gasteiger partial charge on any atom is 0.241 e. The highest BCUT2D eigenvalue weighted by molar-refractivity contribution is 6.31. The number of hydrogen-bond donors (Lipinski definition) is 2. The molecule has 0 spiro atoms. The molecule has 2 heterocycles. The summed E-state index contributed by atoms with van der Waals surface area (Å²) in [5, 5.41) is 6.90. The molecular formula is C17H19ClN4O. The molecule has 0 bridgehead atoms. The highest BCUT2D eigenvalue weighted by atomic mass is 35.5. The first kappa shape index (κ1) is 15.9. The standard InChI is InChI=1S/C17H19ClN4O/c1-17(2,12-5-3-4-6-13(12)18)9-21-16(23)15-11-7-19-10-22-14(11)8-20-15/h3-7,10,15,20H,8-9H2,1-2H3,(H,21,23). The van der Waals surface area contributed by atoms with E-state index in [0.717, 1.165) is 16.8 Å². The minimum Gasteiger partial charge on any atom is -0.354 e. The quantitative estimate of drug-likeness (QED) is 0.903. The third kappa shape index (κ3) is 3.21. The van der Waals surface area contributed by atoms with Gasteiger partial charge >= 0.3 is 0 Å². The van der Waals surface area contributed by atoms with Crippen molar-refractivity contribution < 1.29 is 4.79 Å². The third-order valence-electron chi connectivity index (χ3n) is 4.18. The largest absolute Gasteiger partial charge is 0.354 e. The number of rotatable bonds is 4. The van der Waals surface area contributed by atoms with Gasteiger partial charge in [-0.05, 0) is 11.6 Å². The lowest BCUT2D eigenvalue weighted by Crippen LogP contribution is -2.41. The SMILES string of the molecule is CC(C)(CNC(=O)C1NCc2ncncc21)c1ccccc1Cl. The van der Waals surface area contributed by atoms with E-state index >= 15 is 0 Å². The van der Waals surface area contributed by atoms with Crippen molar-refractivity contribution in [1.29, 1.82) is 0 Å². The number of aromatic nitrogens is 2. The highest BCUT2D eigenvalue weighted by Crippen LogP contribution is 2.29. The van der Waals surface area contributed by atoms with Crippen LogP contribution in [0.2, 0.25) is 5.02 Å². The van der Waals surface area contributed by atoms with Crippen LogP contribution < -0.4 is 10.6 Å². The second-order valence-corrected chi connectivity index (χ2v) is 6.73. The molecule has 5 nitrogen and oxygen atoms in total. The Morgan fingerprint density at radius 1 is 1.43 bits per heavy atom. The fourth-order valence-corrected chi connectivity index (χ4v) is 3.20. The lowest BCUT2D eigenvalue weighted by molar-refractivity contribution is -0.123. The van der Waals surface area contributed by atoms with Gasteiger partial charge < -0.3 is 5.32 Å². The van der Waals surface area contributed by atoms with E-state index in [1.165, 1.54) is 6.33 Å². The summed E-state index contributed by atoms with van der Waals surface area (Å²) in [4.78, 5) is 20.7. The van der Waals surface area contributed by atoms with Crippen molar-refractivity contribution in [2.75, 3.05) is 6.54 Å². The van der Waals surface area contributed by atoms with E-state index in [-0.39, 0.29) is 11.3 Å². The summed E-state index contributed by atoms with van der Waals surface area (Å²) in [5.74, 6) is -0.0707. The molecule has 0 saturated carbocycles. The molecule has 120 valence electrons. The Hall–Kier alpha value is -1.98. The van der Waals surface area contributed by atoms with E-state index in [9.17, 15) is 4.79 Å². The monoisotopic (exact) mass is 330 g/mol. The smallest absolute Gasteiger partial charge is 0.241 e.